The maximum atomic E-state index is 6.57. The molecule has 3 heterocycles. The molecule has 29 heavy (non-hydrogen) atoms. The van der Waals surface area contributed by atoms with Crippen LogP contribution in [-0.2, 0) is 0 Å². The average molecular weight is 448 g/mol. The van der Waals surface area contributed by atoms with E-state index in [0.29, 0.717) is 0 Å². The maximum Gasteiger partial charge on any atom is 0.203 e. The normalized spacial score (nSPS) is 17.1. The van der Waals surface area contributed by atoms with Crippen molar-refractivity contribution in [3.8, 4) is 0 Å². The summed E-state index contributed by atoms with van der Waals surface area (Å²) in [5, 5.41) is 4.87. The van der Waals surface area contributed by atoms with E-state index < -0.39 is 24.2 Å². The van der Waals surface area contributed by atoms with E-state index in [-0.39, 0.29) is 0 Å². The Bertz CT molecular complexity index is 739. The zero-order valence-corrected chi connectivity index (χ0v) is 22.7. The molecule has 1 fully saturated rings. The predicted molar refractivity (Wildman–Crippen MR) is 134 cm³/mol. The Morgan fingerprint density at radius 3 is 1.55 bits per heavy atom. The van der Waals surface area contributed by atoms with Crippen LogP contribution in [0.5, 0.6) is 0 Å². The van der Waals surface area contributed by atoms with E-state index >= 15 is 0 Å². The van der Waals surface area contributed by atoms with Crippen LogP contribution >= 0.6 is 0 Å². The van der Waals surface area contributed by atoms with Crippen molar-refractivity contribution in [2.45, 2.75) is 77.6 Å². The van der Waals surface area contributed by atoms with Crippen molar-refractivity contribution < 1.29 is 8.83 Å². The summed E-state index contributed by atoms with van der Waals surface area (Å²) in [6, 6.07) is 10.2. The van der Waals surface area contributed by atoms with Crippen LogP contribution in [0.1, 0.15) is 25.7 Å². The first kappa shape index (κ1) is 22.8. The zero-order chi connectivity index (χ0) is 21.3. The lowest BCUT2D eigenvalue weighted by atomic mass is 10.1. The third-order valence-corrected chi connectivity index (χ3v) is 13.9. The molecule has 0 amide bonds. The minimum atomic E-state index is -2.02. The van der Waals surface area contributed by atoms with Gasteiger partial charge in [0.2, 0.25) is 8.07 Å². The van der Waals surface area contributed by atoms with E-state index in [4.69, 9.17) is 8.83 Å². The highest BCUT2D eigenvalue weighted by atomic mass is 28.3. The van der Waals surface area contributed by atoms with Crippen LogP contribution in [0, 0.1) is 0 Å². The van der Waals surface area contributed by atoms with Crippen molar-refractivity contribution in [3.05, 3.63) is 24.3 Å². The first-order valence-electron chi connectivity index (χ1n) is 11.4. The molecule has 6 heteroatoms. The molecule has 0 spiro atoms. The van der Waals surface area contributed by atoms with Gasteiger partial charge in [-0.25, -0.2) is 0 Å². The van der Waals surface area contributed by atoms with Crippen LogP contribution in [0.15, 0.2) is 33.1 Å². The Labute approximate surface area is 180 Å². The monoisotopic (exact) mass is 447 g/mol. The summed E-state index contributed by atoms with van der Waals surface area (Å²) >= 11 is 0. The molecular formula is C23H41NO2Si3. The van der Waals surface area contributed by atoms with Crippen molar-refractivity contribution in [2.75, 3.05) is 19.6 Å². The van der Waals surface area contributed by atoms with E-state index in [9.17, 15) is 0 Å². The fourth-order valence-corrected chi connectivity index (χ4v) is 9.66. The fourth-order valence-electron chi connectivity index (χ4n) is 4.28. The molecule has 3 nitrogen and oxygen atoms in total. The van der Waals surface area contributed by atoms with Gasteiger partial charge in [0.05, 0.1) is 21.5 Å². The largest absolute Gasteiger partial charge is 0.476 e. The molecule has 0 saturated carbocycles. The minimum absolute atomic E-state index is 1.20. The quantitative estimate of drug-likeness (QED) is 0.572. The van der Waals surface area contributed by atoms with Crippen LogP contribution in [0.2, 0.25) is 51.9 Å². The Kier molecular flexibility index (Phi) is 6.88. The van der Waals surface area contributed by atoms with E-state index in [1.807, 2.05) is 0 Å². The second kappa shape index (κ2) is 8.73. The van der Waals surface area contributed by atoms with Gasteiger partial charge in [0.1, 0.15) is 16.1 Å². The lowest BCUT2D eigenvalue weighted by molar-refractivity contribution is 0.229. The van der Waals surface area contributed by atoms with E-state index in [1.165, 1.54) is 72.9 Å². The van der Waals surface area contributed by atoms with E-state index in [0.717, 1.165) is 0 Å². The number of nitrogens with zero attached hydrogens (tertiary/aromatic N) is 1. The lowest BCUT2D eigenvalue weighted by Gasteiger charge is -2.28. The number of hydrogen-bond donors (Lipinski definition) is 0. The lowest BCUT2D eigenvalue weighted by Crippen LogP contribution is -2.56. The van der Waals surface area contributed by atoms with Gasteiger partial charge < -0.3 is 13.7 Å². The average Bonchev–Trinajstić information content (AvgIpc) is 3.32. The Hall–Kier alpha value is -0.829. The molecule has 2 aromatic rings. The molecule has 2 aromatic heterocycles. The van der Waals surface area contributed by atoms with Gasteiger partial charge in [0.15, 0.2) is 0 Å². The van der Waals surface area contributed by atoms with Gasteiger partial charge in [-0.1, -0.05) is 52.2 Å². The Morgan fingerprint density at radius 2 is 1.14 bits per heavy atom. The van der Waals surface area contributed by atoms with E-state index in [1.54, 1.807) is 0 Å². The Balaban J connectivity index is 1.86. The SMILES string of the molecule is C[Si](C)(C)c1ccc([Si](C)(CCCN2CCCCC2)c2ccc([Si](C)(C)C)o2)o1. The predicted octanol–water partition coefficient (Wildman–Crippen LogP) is 4.03. The van der Waals surface area contributed by atoms with Crippen molar-refractivity contribution in [3.63, 3.8) is 0 Å². The molecule has 1 aliphatic heterocycles. The summed E-state index contributed by atoms with van der Waals surface area (Å²) in [5.41, 5.74) is 0. The van der Waals surface area contributed by atoms with Crippen molar-refractivity contribution >= 4 is 45.8 Å². The number of hydrogen-bond acceptors (Lipinski definition) is 3. The van der Waals surface area contributed by atoms with Crippen molar-refractivity contribution in [1.82, 2.24) is 4.90 Å². The first-order valence-corrected chi connectivity index (χ1v) is 21.1. The van der Waals surface area contributed by atoms with Gasteiger partial charge in [-0.3, -0.25) is 0 Å². The second-order valence-corrected chi connectivity index (χ2v) is 25.3. The number of piperidine rings is 1. The van der Waals surface area contributed by atoms with Crippen molar-refractivity contribution in [1.29, 1.82) is 0 Å². The highest BCUT2D eigenvalue weighted by Crippen LogP contribution is 2.18. The molecular weight excluding hydrogens is 407 g/mol. The number of likely N-dealkylation sites (tertiary alicyclic amines) is 1. The minimum Gasteiger partial charge on any atom is -0.476 e. The maximum absolute atomic E-state index is 6.57. The third kappa shape index (κ3) is 5.46. The topological polar surface area (TPSA) is 29.5 Å². The van der Waals surface area contributed by atoms with Crippen LogP contribution in [0.4, 0.5) is 0 Å². The fraction of sp³-hybridized carbons (Fsp3) is 0.652. The standard InChI is InChI=1S/C23H41NO2Si3/c1-27(2,3)20-12-14-22(25-20)29(7,19-11-18-24-16-9-8-10-17-24)23-15-13-21(26-23)28(4,5)6/h12-15H,8-11,16-19H2,1-7H3. The highest BCUT2D eigenvalue weighted by molar-refractivity contribution is 7.00. The third-order valence-electron chi connectivity index (χ3n) is 6.38. The summed E-state index contributed by atoms with van der Waals surface area (Å²) in [6.07, 6.45) is 5.36. The molecule has 0 atom stereocenters. The van der Waals surface area contributed by atoms with Gasteiger partial charge in [0, 0.05) is 0 Å². The zero-order valence-electron chi connectivity index (χ0n) is 19.7. The molecule has 1 aliphatic rings. The summed E-state index contributed by atoms with van der Waals surface area (Å²) in [5.74, 6) is 0. The molecule has 0 aromatic carbocycles. The first-order chi connectivity index (χ1) is 13.5. The summed E-state index contributed by atoms with van der Waals surface area (Å²) in [4.78, 5) is 2.66. The molecule has 1 saturated heterocycles. The summed E-state index contributed by atoms with van der Waals surface area (Å²) in [6.45, 7) is 20.4. The van der Waals surface area contributed by atoms with Gasteiger partial charge in [-0.2, -0.15) is 0 Å². The number of rotatable bonds is 8. The number of furan rings is 2. The smallest absolute Gasteiger partial charge is 0.203 e. The molecule has 0 bridgehead atoms. The van der Waals surface area contributed by atoms with Crippen LogP contribution < -0.4 is 21.5 Å². The van der Waals surface area contributed by atoms with Gasteiger partial charge in [-0.15, -0.1) is 0 Å². The molecule has 162 valence electrons. The van der Waals surface area contributed by atoms with E-state index in [2.05, 4.69) is 75.0 Å². The van der Waals surface area contributed by atoms with Gasteiger partial charge in [0.25, 0.3) is 0 Å². The van der Waals surface area contributed by atoms with Gasteiger partial charge >= 0.3 is 0 Å². The molecule has 0 N–H and O–H groups in total. The molecule has 0 radical (unpaired) electrons. The van der Waals surface area contributed by atoms with Crippen LogP contribution in [-0.4, -0.2) is 48.8 Å². The summed E-state index contributed by atoms with van der Waals surface area (Å²) < 4.78 is 13.1. The molecule has 0 aliphatic carbocycles. The highest BCUT2D eigenvalue weighted by Gasteiger charge is 2.40. The second-order valence-electron chi connectivity index (χ2n) is 11.2. The van der Waals surface area contributed by atoms with Crippen LogP contribution in [0.3, 0.4) is 0 Å². The molecule has 0 unspecified atom stereocenters. The van der Waals surface area contributed by atoms with Crippen molar-refractivity contribution in [2.24, 2.45) is 0 Å². The van der Waals surface area contributed by atoms with Crippen LogP contribution in [0.25, 0.3) is 0 Å². The Morgan fingerprint density at radius 1 is 0.690 bits per heavy atom. The summed E-state index contributed by atoms with van der Waals surface area (Å²) in [7, 11) is -4.92. The molecule has 3 rings (SSSR count). The van der Waals surface area contributed by atoms with Gasteiger partial charge in [-0.05, 0) is 69.2 Å².